The number of nitrogens with one attached hydrogen (secondary N) is 1. The number of benzene rings is 2. The van der Waals surface area contributed by atoms with E-state index in [1.165, 1.54) is 11.1 Å². The van der Waals surface area contributed by atoms with Gasteiger partial charge in [-0.25, -0.2) is 9.97 Å². The van der Waals surface area contributed by atoms with E-state index in [9.17, 15) is 0 Å². The van der Waals surface area contributed by atoms with Crippen molar-refractivity contribution < 1.29 is 0 Å². The zero-order valence-electron chi connectivity index (χ0n) is 16.1. The maximum atomic E-state index is 4.59. The van der Waals surface area contributed by atoms with Crippen LogP contribution in [0.25, 0.3) is 11.3 Å². The van der Waals surface area contributed by atoms with Gasteiger partial charge >= 0.3 is 0 Å². The summed E-state index contributed by atoms with van der Waals surface area (Å²) < 4.78 is 1.84. The van der Waals surface area contributed by atoms with Crippen molar-refractivity contribution in [2.24, 2.45) is 7.05 Å². The van der Waals surface area contributed by atoms with Crippen molar-refractivity contribution in [3.63, 3.8) is 0 Å². The molecule has 5 nitrogen and oxygen atoms in total. The fourth-order valence-electron chi connectivity index (χ4n) is 3.36. The van der Waals surface area contributed by atoms with Crippen LogP contribution in [0.1, 0.15) is 22.9 Å². The Balaban J connectivity index is 1.60. The Morgan fingerprint density at radius 1 is 0.929 bits per heavy atom. The molecule has 0 bridgehead atoms. The Morgan fingerprint density at radius 2 is 1.64 bits per heavy atom. The molecule has 0 saturated heterocycles. The van der Waals surface area contributed by atoms with Crippen LogP contribution in [0.15, 0.2) is 79.1 Å². The smallest absolute Gasteiger partial charge is 0.130 e. The van der Waals surface area contributed by atoms with Crippen molar-refractivity contribution in [3.8, 4) is 11.3 Å². The molecular formula is C23H23N5. The second-order valence-electron chi connectivity index (χ2n) is 6.84. The van der Waals surface area contributed by atoms with E-state index in [0.717, 1.165) is 29.4 Å². The molecule has 2 heterocycles. The van der Waals surface area contributed by atoms with Crippen LogP contribution in [-0.2, 0) is 7.05 Å². The van der Waals surface area contributed by atoms with E-state index < -0.39 is 0 Å². The Morgan fingerprint density at radius 3 is 2.32 bits per heavy atom. The second kappa shape index (κ2) is 8.05. The van der Waals surface area contributed by atoms with Gasteiger partial charge in [-0.3, -0.25) is 4.68 Å². The number of hydrogen-bond donors (Lipinski definition) is 1. The van der Waals surface area contributed by atoms with Crippen LogP contribution in [0.2, 0.25) is 0 Å². The molecule has 5 heteroatoms. The number of aryl methyl sites for hydroxylation is 2. The molecule has 2 aromatic carbocycles. The van der Waals surface area contributed by atoms with E-state index in [4.69, 9.17) is 0 Å². The predicted molar refractivity (Wildman–Crippen MR) is 112 cm³/mol. The van der Waals surface area contributed by atoms with Crippen molar-refractivity contribution >= 4 is 5.82 Å². The summed E-state index contributed by atoms with van der Waals surface area (Å²) in [6.45, 7) is 2.65. The van der Waals surface area contributed by atoms with Gasteiger partial charge in [-0.05, 0) is 18.1 Å². The van der Waals surface area contributed by atoms with Gasteiger partial charge in [-0.1, -0.05) is 60.7 Å². The van der Waals surface area contributed by atoms with Crippen LogP contribution >= 0.6 is 0 Å². The summed E-state index contributed by atoms with van der Waals surface area (Å²) in [4.78, 5) is 9.17. The first-order valence-corrected chi connectivity index (χ1v) is 9.37. The predicted octanol–water partition coefficient (Wildman–Crippen LogP) is 4.43. The van der Waals surface area contributed by atoms with Gasteiger partial charge in [0.15, 0.2) is 0 Å². The third-order valence-electron chi connectivity index (χ3n) is 4.72. The standard InChI is InChI=1S/C23H23N5/c1-17-26-22(19-11-7-4-8-12-19)13-23(27-17)24-15-21(18-9-5-3-6-10-18)20-14-25-28(2)16-20/h3-14,16,21H,15H2,1-2H3,(H,24,26,27). The fourth-order valence-corrected chi connectivity index (χ4v) is 3.36. The highest BCUT2D eigenvalue weighted by Gasteiger charge is 2.16. The lowest BCUT2D eigenvalue weighted by Crippen LogP contribution is -2.15. The first-order valence-electron chi connectivity index (χ1n) is 9.37. The molecule has 1 unspecified atom stereocenters. The molecule has 0 amide bonds. The Hall–Kier alpha value is -3.47. The van der Waals surface area contributed by atoms with E-state index in [0.29, 0.717) is 0 Å². The van der Waals surface area contributed by atoms with Crippen molar-refractivity contribution in [1.29, 1.82) is 0 Å². The first-order chi connectivity index (χ1) is 13.7. The normalized spacial score (nSPS) is 11.9. The molecule has 0 aliphatic carbocycles. The van der Waals surface area contributed by atoms with Crippen LogP contribution in [0.3, 0.4) is 0 Å². The van der Waals surface area contributed by atoms with Crippen molar-refractivity contribution in [2.45, 2.75) is 12.8 Å². The summed E-state index contributed by atoms with van der Waals surface area (Å²) in [7, 11) is 1.94. The van der Waals surface area contributed by atoms with E-state index >= 15 is 0 Å². The molecule has 1 N–H and O–H groups in total. The van der Waals surface area contributed by atoms with Crippen molar-refractivity contribution in [3.05, 3.63) is 96.1 Å². The summed E-state index contributed by atoms with van der Waals surface area (Å²) in [6, 6.07) is 22.7. The Kier molecular flexibility index (Phi) is 5.15. The summed E-state index contributed by atoms with van der Waals surface area (Å²) >= 11 is 0. The van der Waals surface area contributed by atoms with Crippen LogP contribution in [-0.4, -0.2) is 26.3 Å². The molecular weight excluding hydrogens is 346 g/mol. The Labute approximate surface area is 165 Å². The van der Waals surface area contributed by atoms with E-state index in [1.807, 2.05) is 55.2 Å². The molecule has 140 valence electrons. The zero-order valence-corrected chi connectivity index (χ0v) is 16.1. The van der Waals surface area contributed by atoms with Crippen molar-refractivity contribution in [1.82, 2.24) is 19.7 Å². The Bertz CT molecular complexity index is 1040. The van der Waals surface area contributed by atoms with Gasteiger partial charge in [-0.2, -0.15) is 5.10 Å². The topological polar surface area (TPSA) is 55.6 Å². The van der Waals surface area contributed by atoms with Gasteiger partial charge in [-0.15, -0.1) is 0 Å². The van der Waals surface area contributed by atoms with Gasteiger partial charge in [0.2, 0.25) is 0 Å². The minimum atomic E-state index is 0.186. The van der Waals surface area contributed by atoms with Crippen molar-refractivity contribution in [2.75, 3.05) is 11.9 Å². The monoisotopic (exact) mass is 369 g/mol. The zero-order chi connectivity index (χ0) is 19.3. The quantitative estimate of drug-likeness (QED) is 0.546. The first kappa shape index (κ1) is 17.9. The molecule has 4 aromatic rings. The molecule has 0 radical (unpaired) electrons. The lowest BCUT2D eigenvalue weighted by molar-refractivity contribution is 0.764. The van der Waals surface area contributed by atoms with Crippen LogP contribution in [0, 0.1) is 6.92 Å². The molecule has 1 atom stereocenters. The number of rotatable bonds is 6. The van der Waals surface area contributed by atoms with E-state index in [2.05, 4.69) is 63.0 Å². The molecule has 0 fully saturated rings. The van der Waals surface area contributed by atoms with Gasteiger partial charge in [0.05, 0.1) is 11.9 Å². The average molecular weight is 369 g/mol. The second-order valence-corrected chi connectivity index (χ2v) is 6.84. The summed E-state index contributed by atoms with van der Waals surface area (Å²) in [5.74, 6) is 1.77. The van der Waals surface area contributed by atoms with E-state index in [-0.39, 0.29) is 5.92 Å². The minimum Gasteiger partial charge on any atom is -0.369 e. The molecule has 0 saturated carbocycles. The maximum Gasteiger partial charge on any atom is 0.130 e. The highest BCUT2D eigenvalue weighted by Crippen LogP contribution is 2.25. The van der Waals surface area contributed by atoms with Crippen LogP contribution in [0.5, 0.6) is 0 Å². The highest BCUT2D eigenvalue weighted by atomic mass is 15.2. The fraction of sp³-hybridized carbons (Fsp3) is 0.174. The van der Waals surface area contributed by atoms with Crippen LogP contribution in [0.4, 0.5) is 5.82 Å². The summed E-state index contributed by atoms with van der Waals surface area (Å²) in [5, 5.41) is 7.86. The molecule has 0 aliphatic heterocycles. The number of aromatic nitrogens is 4. The third kappa shape index (κ3) is 4.09. The highest BCUT2D eigenvalue weighted by molar-refractivity contribution is 5.62. The van der Waals surface area contributed by atoms with Gasteiger partial charge < -0.3 is 5.32 Å². The molecule has 0 aliphatic rings. The lowest BCUT2D eigenvalue weighted by Gasteiger charge is -2.18. The molecule has 28 heavy (non-hydrogen) atoms. The number of anilines is 1. The average Bonchev–Trinajstić information content (AvgIpc) is 3.15. The largest absolute Gasteiger partial charge is 0.369 e. The molecule has 0 spiro atoms. The summed E-state index contributed by atoms with van der Waals surface area (Å²) in [6.07, 6.45) is 4.00. The lowest BCUT2D eigenvalue weighted by atomic mass is 9.93. The molecule has 4 rings (SSSR count). The van der Waals surface area contributed by atoms with Crippen LogP contribution < -0.4 is 5.32 Å². The maximum absolute atomic E-state index is 4.59. The third-order valence-corrected chi connectivity index (χ3v) is 4.72. The summed E-state index contributed by atoms with van der Waals surface area (Å²) in [5.41, 5.74) is 4.43. The van der Waals surface area contributed by atoms with Gasteiger partial charge in [0.25, 0.3) is 0 Å². The number of hydrogen-bond acceptors (Lipinski definition) is 4. The minimum absolute atomic E-state index is 0.186. The van der Waals surface area contributed by atoms with Gasteiger partial charge in [0, 0.05) is 37.3 Å². The van der Waals surface area contributed by atoms with Gasteiger partial charge in [0.1, 0.15) is 11.6 Å². The number of nitrogens with zero attached hydrogens (tertiary/aromatic N) is 4. The molecule has 2 aromatic heterocycles. The van der Waals surface area contributed by atoms with E-state index in [1.54, 1.807) is 0 Å². The SMILES string of the molecule is Cc1nc(NCC(c2ccccc2)c2cnn(C)c2)cc(-c2ccccc2)n1.